The standard InChI is InChI=1S/C15H19ClN2S/c1-11-2-3-13-14(8-11)18(15(9-16)17-13)10-12-4-6-19-7-5-12/h2-3,8,12H,4-7,9-10H2,1H3. The second-order valence-electron chi connectivity index (χ2n) is 5.32. The summed E-state index contributed by atoms with van der Waals surface area (Å²) in [6.45, 7) is 3.21. The van der Waals surface area contributed by atoms with E-state index in [1.807, 2.05) is 0 Å². The molecule has 1 aliphatic heterocycles. The Morgan fingerprint density at radius 3 is 2.89 bits per heavy atom. The molecule has 0 unspecified atom stereocenters. The van der Waals surface area contributed by atoms with E-state index < -0.39 is 0 Å². The number of aromatic nitrogens is 2. The second-order valence-corrected chi connectivity index (χ2v) is 6.81. The molecule has 0 aliphatic carbocycles. The third-order valence-corrected chi connectivity index (χ3v) is 5.17. The van der Waals surface area contributed by atoms with Crippen molar-refractivity contribution in [1.29, 1.82) is 0 Å². The van der Waals surface area contributed by atoms with E-state index in [4.69, 9.17) is 11.6 Å². The summed E-state index contributed by atoms with van der Waals surface area (Å²) in [5.74, 6) is 4.88. The van der Waals surface area contributed by atoms with Crippen LogP contribution in [0.5, 0.6) is 0 Å². The third kappa shape index (κ3) is 2.77. The Morgan fingerprint density at radius 2 is 2.16 bits per heavy atom. The number of fused-ring (bicyclic) bond motifs is 1. The lowest BCUT2D eigenvalue weighted by atomic mass is 10.0. The third-order valence-electron chi connectivity index (χ3n) is 3.88. The van der Waals surface area contributed by atoms with Gasteiger partial charge in [0.25, 0.3) is 0 Å². The Balaban J connectivity index is 1.97. The molecule has 0 N–H and O–H groups in total. The van der Waals surface area contributed by atoms with Crippen LogP contribution in [-0.2, 0) is 12.4 Å². The first kappa shape index (κ1) is 13.3. The maximum absolute atomic E-state index is 6.07. The predicted octanol–water partition coefficient (Wildman–Crippen LogP) is 4.23. The van der Waals surface area contributed by atoms with E-state index in [1.54, 1.807) is 0 Å². The summed E-state index contributed by atoms with van der Waals surface area (Å²) in [6, 6.07) is 6.46. The first-order chi connectivity index (χ1) is 9.28. The molecular weight excluding hydrogens is 276 g/mol. The maximum Gasteiger partial charge on any atom is 0.124 e. The van der Waals surface area contributed by atoms with Gasteiger partial charge in [-0.2, -0.15) is 11.8 Å². The van der Waals surface area contributed by atoms with Gasteiger partial charge in [-0.15, -0.1) is 11.6 Å². The molecule has 19 heavy (non-hydrogen) atoms. The monoisotopic (exact) mass is 294 g/mol. The van der Waals surface area contributed by atoms with Crippen LogP contribution in [0.2, 0.25) is 0 Å². The molecule has 2 heterocycles. The number of hydrogen-bond acceptors (Lipinski definition) is 2. The van der Waals surface area contributed by atoms with Crippen LogP contribution in [-0.4, -0.2) is 21.1 Å². The summed E-state index contributed by atoms with van der Waals surface area (Å²) in [5.41, 5.74) is 3.61. The smallest absolute Gasteiger partial charge is 0.124 e. The van der Waals surface area contributed by atoms with Crippen molar-refractivity contribution in [2.75, 3.05) is 11.5 Å². The summed E-state index contributed by atoms with van der Waals surface area (Å²) < 4.78 is 2.34. The van der Waals surface area contributed by atoms with E-state index in [0.29, 0.717) is 5.88 Å². The number of benzene rings is 1. The number of hydrogen-bond donors (Lipinski definition) is 0. The molecule has 102 valence electrons. The van der Waals surface area contributed by atoms with Crippen molar-refractivity contribution in [3.63, 3.8) is 0 Å². The number of rotatable bonds is 3. The Morgan fingerprint density at radius 1 is 1.37 bits per heavy atom. The van der Waals surface area contributed by atoms with Crippen molar-refractivity contribution in [1.82, 2.24) is 9.55 Å². The average Bonchev–Trinajstić information content (AvgIpc) is 2.78. The van der Waals surface area contributed by atoms with Crippen LogP contribution in [0.3, 0.4) is 0 Å². The van der Waals surface area contributed by atoms with E-state index in [9.17, 15) is 0 Å². The highest BCUT2D eigenvalue weighted by Crippen LogP contribution is 2.27. The summed E-state index contributed by atoms with van der Waals surface area (Å²) in [5, 5.41) is 0. The Bertz CT molecular complexity index is 573. The molecule has 0 bridgehead atoms. The number of alkyl halides is 1. The van der Waals surface area contributed by atoms with Gasteiger partial charge >= 0.3 is 0 Å². The van der Waals surface area contributed by atoms with E-state index >= 15 is 0 Å². The first-order valence-corrected chi connectivity index (χ1v) is 8.56. The number of nitrogens with zero attached hydrogens (tertiary/aromatic N) is 2. The molecule has 0 atom stereocenters. The highest BCUT2D eigenvalue weighted by atomic mass is 35.5. The zero-order valence-electron chi connectivity index (χ0n) is 11.2. The Hall–Kier alpha value is -0.670. The van der Waals surface area contributed by atoms with Crippen molar-refractivity contribution < 1.29 is 0 Å². The molecule has 0 spiro atoms. The quantitative estimate of drug-likeness (QED) is 0.789. The summed E-state index contributed by atoms with van der Waals surface area (Å²) in [7, 11) is 0. The Kier molecular flexibility index (Phi) is 4.04. The molecule has 1 aromatic carbocycles. The van der Waals surface area contributed by atoms with Gasteiger partial charge in [-0.25, -0.2) is 4.98 Å². The number of thioether (sulfide) groups is 1. The molecule has 0 radical (unpaired) electrons. The number of imidazole rings is 1. The van der Waals surface area contributed by atoms with E-state index in [-0.39, 0.29) is 0 Å². The van der Waals surface area contributed by atoms with Gasteiger partial charge in [0.2, 0.25) is 0 Å². The minimum absolute atomic E-state index is 0.495. The highest BCUT2D eigenvalue weighted by molar-refractivity contribution is 7.99. The van der Waals surface area contributed by atoms with Crippen LogP contribution in [0.15, 0.2) is 18.2 Å². The molecule has 1 aliphatic rings. The molecule has 1 saturated heterocycles. The van der Waals surface area contributed by atoms with Gasteiger partial charge in [0.1, 0.15) is 5.82 Å². The van der Waals surface area contributed by atoms with E-state index in [2.05, 4.69) is 46.4 Å². The van der Waals surface area contributed by atoms with Gasteiger partial charge in [0.15, 0.2) is 0 Å². The van der Waals surface area contributed by atoms with Gasteiger partial charge in [0.05, 0.1) is 16.9 Å². The lowest BCUT2D eigenvalue weighted by Crippen LogP contribution is -2.17. The topological polar surface area (TPSA) is 17.8 Å². The van der Waals surface area contributed by atoms with Crippen LogP contribution in [0.25, 0.3) is 11.0 Å². The summed E-state index contributed by atoms with van der Waals surface area (Å²) in [6.07, 6.45) is 2.63. The maximum atomic E-state index is 6.07. The first-order valence-electron chi connectivity index (χ1n) is 6.87. The Labute approximate surface area is 123 Å². The number of aryl methyl sites for hydroxylation is 1. The predicted molar refractivity (Wildman–Crippen MR) is 84.1 cm³/mol. The van der Waals surface area contributed by atoms with Gasteiger partial charge in [-0.1, -0.05) is 6.07 Å². The van der Waals surface area contributed by atoms with Gasteiger partial charge < -0.3 is 4.57 Å². The van der Waals surface area contributed by atoms with Gasteiger partial charge in [-0.05, 0) is 54.9 Å². The normalized spacial score (nSPS) is 17.2. The van der Waals surface area contributed by atoms with Crippen LogP contribution in [0.4, 0.5) is 0 Å². The van der Waals surface area contributed by atoms with Crippen molar-refractivity contribution in [2.24, 2.45) is 5.92 Å². The van der Waals surface area contributed by atoms with Crippen LogP contribution >= 0.6 is 23.4 Å². The molecule has 1 fully saturated rings. The van der Waals surface area contributed by atoms with Crippen molar-refractivity contribution in [3.05, 3.63) is 29.6 Å². The van der Waals surface area contributed by atoms with E-state index in [0.717, 1.165) is 23.8 Å². The largest absolute Gasteiger partial charge is 0.327 e. The van der Waals surface area contributed by atoms with Crippen LogP contribution in [0.1, 0.15) is 24.2 Å². The number of halogens is 1. The second kappa shape index (κ2) is 5.76. The molecule has 0 saturated carbocycles. The lowest BCUT2D eigenvalue weighted by molar-refractivity contribution is 0.417. The van der Waals surface area contributed by atoms with Crippen molar-refractivity contribution >= 4 is 34.4 Å². The molecule has 0 amide bonds. The molecule has 2 nitrogen and oxygen atoms in total. The van der Waals surface area contributed by atoms with E-state index in [1.165, 1.54) is 35.4 Å². The molecule has 3 rings (SSSR count). The SMILES string of the molecule is Cc1ccc2nc(CCl)n(CC3CCSCC3)c2c1. The minimum atomic E-state index is 0.495. The molecule has 4 heteroatoms. The molecule has 2 aromatic rings. The van der Waals surface area contributed by atoms with Crippen LogP contribution < -0.4 is 0 Å². The summed E-state index contributed by atoms with van der Waals surface area (Å²) >= 11 is 8.15. The zero-order valence-corrected chi connectivity index (χ0v) is 12.8. The van der Waals surface area contributed by atoms with Gasteiger partial charge in [0, 0.05) is 6.54 Å². The fourth-order valence-corrected chi connectivity index (χ4v) is 4.18. The zero-order chi connectivity index (χ0) is 13.2. The summed E-state index contributed by atoms with van der Waals surface area (Å²) in [4.78, 5) is 4.66. The lowest BCUT2D eigenvalue weighted by Gasteiger charge is -2.22. The minimum Gasteiger partial charge on any atom is -0.327 e. The fraction of sp³-hybridized carbons (Fsp3) is 0.533. The molecular formula is C15H19ClN2S. The van der Waals surface area contributed by atoms with Crippen molar-refractivity contribution in [3.8, 4) is 0 Å². The fourth-order valence-electron chi connectivity index (χ4n) is 2.78. The molecule has 1 aromatic heterocycles. The average molecular weight is 295 g/mol. The van der Waals surface area contributed by atoms with Gasteiger partial charge in [-0.3, -0.25) is 0 Å². The highest BCUT2D eigenvalue weighted by Gasteiger charge is 2.18. The van der Waals surface area contributed by atoms with Crippen molar-refractivity contribution in [2.45, 2.75) is 32.2 Å². The van der Waals surface area contributed by atoms with Crippen LogP contribution in [0, 0.1) is 12.8 Å².